The summed E-state index contributed by atoms with van der Waals surface area (Å²) in [6, 6.07) is 2.00. The van der Waals surface area contributed by atoms with Crippen molar-refractivity contribution in [3.8, 4) is 0 Å². The highest BCUT2D eigenvalue weighted by molar-refractivity contribution is 5.12. The topological polar surface area (TPSA) is 51.8 Å². The zero-order chi connectivity index (χ0) is 9.14. The zero-order valence-corrected chi connectivity index (χ0v) is 7.83. The summed E-state index contributed by atoms with van der Waals surface area (Å²) in [6.07, 6.45) is 0. The smallest absolute Gasteiger partial charge is 0.142 e. The maximum Gasteiger partial charge on any atom is 0.142 e. The Morgan fingerprint density at radius 3 is 2.58 bits per heavy atom. The molecule has 0 unspecified atom stereocenters. The third kappa shape index (κ3) is 2.01. The average molecular weight is 165 g/mol. The van der Waals surface area contributed by atoms with Gasteiger partial charge in [-0.3, -0.25) is 0 Å². The highest BCUT2D eigenvalue weighted by Gasteiger charge is 2.03. The van der Waals surface area contributed by atoms with Crippen molar-refractivity contribution >= 4 is 0 Å². The van der Waals surface area contributed by atoms with Gasteiger partial charge in [-0.25, -0.2) is 9.97 Å². The minimum atomic E-state index is 0.418. The van der Waals surface area contributed by atoms with Crippen LogP contribution in [0.15, 0.2) is 6.07 Å². The first-order valence-corrected chi connectivity index (χ1v) is 4.18. The van der Waals surface area contributed by atoms with Crippen LogP contribution < -0.4 is 5.73 Å². The van der Waals surface area contributed by atoms with E-state index < -0.39 is 0 Å². The molecule has 1 heterocycles. The van der Waals surface area contributed by atoms with E-state index in [1.54, 1.807) is 0 Å². The molecular weight excluding hydrogens is 150 g/mol. The molecule has 0 aliphatic rings. The molecule has 1 aromatic rings. The van der Waals surface area contributed by atoms with Gasteiger partial charge < -0.3 is 5.73 Å². The van der Waals surface area contributed by atoms with Crippen molar-refractivity contribution in [3.63, 3.8) is 0 Å². The summed E-state index contributed by atoms with van der Waals surface area (Å²) < 4.78 is 0. The van der Waals surface area contributed by atoms with Crippen molar-refractivity contribution in [3.05, 3.63) is 23.3 Å². The molecule has 0 aliphatic carbocycles. The molecule has 12 heavy (non-hydrogen) atoms. The van der Waals surface area contributed by atoms with Gasteiger partial charge in [0, 0.05) is 11.4 Å². The number of nitrogens with zero attached hydrogens (tertiary/aromatic N) is 2. The normalized spacial score (nSPS) is 10.8. The van der Waals surface area contributed by atoms with Crippen LogP contribution in [0.25, 0.3) is 0 Å². The van der Waals surface area contributed by atoms with Crippen molar-refractivity contribution in [1.82, 2.24) is 9.97 Å². The van der Waals surface area contributed by atoms with Gasteiger partial charge in [0.2, 0.25) is 0 Å². The van der Waals surface area contributed by atoms with Gasteiger partial charge in [0.05, 0.1) is 6.54 Å². The summed E-state index contributed by atoms with van der Waals surface area (Å²) in [6.45, 7) is 6.61. The largest absolute Gasteiger partial charge is 0.324 e. The predicted octanol–water partition coefficient (Wildman–Crippen LogP) is 1.37. The van der Waals surface area contributed by atoms with E-state index in [0.29, 0.717) is 12.5 Å². The molecule has 0 amide bonds. The standard InChI is InChI=1S/C9H15N3/c1-6(2)8-4-7(3)11-9(5-10)12-8/h4,6H,5,10H2,1-3H3. The van der Waals surface area contributed by atoms with Gasteiger partial charge in [0.1, 0.15) is 5.82 Å². The first-order chi connectivity index (χ1) is 5.63. The molecule has 3 nitrogen and oxygen atoms in total. The second kappa shape index (κ2) is 3.63. The van der Waals surface area contributed by atoms with Gasteiger partial charge in [-0.2, -0.15) is 0 Å². The summed E-state index contributed by atoms with van der Waals surface area (Å²) in [5, 5.41) is 0. The molecule has 2 N–H and O–H groups in total. The minimum absolute atomic E-state index is 0.418. The quantitative estimate of drug-likeness (QED) is 0.720. The number of aryl methyl sites for hydroxylation is 1. The molecule has 0 atom stereocenters. The predicted molar refractivity (Wildman–Crippen MR) is 48.7 cm³/mol. The lowest BCUT2D eigenvalue weighted by Gasteiger charge is -2.06. The van der Waals surface area contributed by atoms with Crippen LogP contribution in [0.1, 0.15) is 37.0 Å². The SMILES string of the molecule is Cc1cc(C(C)C)nc(CN)n1. The lowest BCUT2D eigenvalue weighted by Crippen LogP contribution is -2.07. The van der Waals surface area contributed by atoms with Crippen molar-refractivity contribution in [2.75, 3.05) is 0 Å². The Bertz CT molecular complexity index is 268. The van der Waals surface area contributed by atoms with Crippen LogP contribution in [0.2, 0.25) is 0 Å². The number of hydrogen-bond donors (Lipinski definition) is 1. The summed E-state index contributed by atoms with van der Waals surface area (Å²) in [7, 11) is 0. The molecule has 0 fully saturated rings. The minimum Gasteiger partial charge on any atom is -0.324 e. The van der Waals surface area contributed by atoms with Crippen LogP contribution in [0.3, 0.4) is 0 Å². The Labute approximate surface area is 73.0 Å². The third-order valence-corrected chi connectivity index (χ3v) is 1.69. The first-order valence-electron chi connectivity index (χ1n) is 4.18. The van der Waals surface area contributed by atoms with Gasteiger partial charge in [0.25, 0.3) is 0 Å². The van der Waals surface area contributed by atoms with E-state index in [1.807, 2.05) is 13.0 Å². The fourth-order valence-corrected chi connectivity index (χ4v) is 1.04. The van der Waals surface area contributed by atoms with Gasteiger partial charge in [-0.15, -0.1) is 0 Å². The van der Waals surface area contributed by atoms with Gasteiger partial charge in [-0.1, -0.05) is 13.8 Å². The van der Waals surface area contributed by atoms with E-state index in [2.05, 4.69) is 23.8 Å². The maximum atomic E-state index is 5.46. The highest BCUT2D eigenvalue weighted by Crippen LogP contribution is 2.11. The molecule has 0 aromatic carbocycles. The molecule has 0 saturated heterocycles. The van der Waals surface area contributed by atoms with E-state index in [0.717, 1.165) is 17.2 Å². The van der Waals surface area contributed by atoms with Crippen LogP contribution in [0, 0.1) is 6.92 Å². The van der Waals surface area contributed by atoms with Crippen LogP contribution in [-0.4, -0.2) is 9.97 Å². The van der Waals surface area contributed by atoms with Crippen molar-refractivity contribution in [1.29, 1.82) is 0 Å². The molecule has 0 saturated carbocycles. The second-order valence-electron chi connectivity index (χ2n) is 3.21. The van der Waals surface area contributed by atoms with Gasteiger partial charge in [-0.05, 0) is 18.9 Å². The first kappa shape index (κ1) is 9.13. The molecule has 0 radical (unpaired) electrons. The molecule has 66 valence electrons. The molecular formula is C9H15N3. The number of hydrogen-bond acceptors (Lipinski definition) is 3. The molecule has 0 aliphatic heterocycles. The zero-order valence-electron chi connectivity index (χ0n) is 7.83. The molecule has 1 rings (SSSR count). The summed E-state index contributed by atoms with van der Waals surface area (Å²) >= 11 is 0. The van der Waals surface area contributed by atoms with Gasteiger partial charge in [0.15, 0.2) is 0 Å². The van der Waals surface area contributed by atoms with Crippen molar-refractivity contribution < 1.29 is 0 Å². The van der Waals surface area contributed by atoms with Crippen molar-refractivity contribution in [2.45, 2.75) is 33.2 Å². The van der Waals surface area contributed by atoms with E-state index >= 15 is 0 Å². The number of aromatic nitrogens is 2. The maximum absolute atomic E-state index is 5.46. The van der Waals surface area contributed by atoms with E-state index in [1.165, 1.54) is 0 Å². The Morgan fingerprint density at radius 1 is 1.42 bits per heavy atom. The Hall–Kier alpha value is -0.960. The average Bonchev–Trinajstić information content (AvgIpc) is 2.03. The van der Waals surface area contributed by atoms with Gasteiger partial charge >= 0.3 is 0 Å². The van der Waals surface area contributed by atoms with E-state index in [9.17, 15) is 0 Å². The fourth-order valence-electron chi connectivity index (χ4n) is 1.04. The lowest BCUT2D eigenvalue weighted by atomic mass is 10.1. The van der Waals surface area contributed by atoms with Crippen molar-refractivity contribution in [2.24, 2.45) is 5.73 Å². The Balaban J connectivity index is 3.06. The third-order valence-electron chi connectivity index (χ3n) is 1.69. The molecule has 0 bridgehead atoms. The lowest BCUT2D eigenvalue weighted by molar-refractivity contribution is 0.773. The second-order valence-corrected chi connectivity index (χ2v) is 3.21. The Morgan fingerprint density at radius 2 is 2.08 bits per heavy atom. The highest BCUT2D eigenvalue weighted by atomic mass is 14.9. The summed E-state index contributed by atoms with van der Waals surface area (Å²) in [5.41, 5.74) is 7.53. The molecule has 3 heteroatoms. The molecule has 1 aromatic heterocycles. The van der Waals surface area contributed by atoms with Crippen LogP contribution in [-0.2, 0) is 6.54 Å². The number of nitrogens with two attached hydrogens (primary N) is 1. The van der Waals surface area contributed by atoms with E-state index in [-0.39, 0.29) is 0 Å². The van der Waals surface area contributed by atoms with Crippen LogP contribution >= 0.6 is 0 Å². The summed E-state index contributed by atoms with van der Waals surface area (Å²) in [4.78, 5) is 8.51. The van der Waals surface area contributed by atoms with E-state index in [4.69, 9.17) is 5.73 Å². The fraction of sp³-hybridized carbons (Fsp3) is 0.556. The summed E-state index contributed by atoms with van der Waals surface area (Å²) in [5.74, 6) is 1.18. The van der Waals surface area contributed by atoms with Crippen LogP contribution in [0.5, 0.6) is 0 Å². The monoisotopic (exact) mass is 165 g/mol. The number of rotatable bonds is 2. The Kier molecular flexibility index (Phi) is 2.76. The molecule has 0 spiro atoms. The van der Waals surface area contributed by atoms with Crippen LogP contribution in [0.4, 0.5) is 0 Å².